The second-order valence-electron chi connectivity index (χ2n) is 5.76. The molecule has 1 aliphatic carbocycles. The lowest BCUT2D eigenvalue weighted by Crippen LogP contribution is -2.48. The molecule has 7 heteroatoms. The van der Waals surface area contributed by atoms with Crippen LogP contribution in [-0.2, 0) is 6.54 Å². The molecule has 124 valence electrons. The molecule has 2 heterocycles. The molecule has 1 fully saturated rings. The van der Waals surface area contributed by atoms with Crippen LogP contribution in [0.4, 0.5) is 4.79 Å². The molecule has 2 aromatic heterocycles. The van der Waals surface area contributed by atoms with E-state index < -0.39 is 0 Å². The van der Waals surface area contributed by atoms with Gasteiger partial charge in [-0.3, -0.25) is 4.40 Å². The number of nitrogens with zero attached hydrogens (tertiary/aromatic N) is 3. The Morgan fingerprint density at radius 1 is 1.35 bits per heavy atom. The summed E-state index contributed by atoms with van der Waals surface area (Å²) in [5.74, 6) is 1.83. The van der Waals surface area contributed by atoms with Crippen LogP contribution in [0.3, 0.4) is 0 Å². The minimum absolute atomic E-state index is 0.119. The first-order chi connectivity index (χ1) is 11.3. The molecular formula is C16H23N5OS. The monoisotopic (exact) mass is 333 g/mol. The quantitative estimate of drug-likeness (QED) is 0.882. The van der Waals surface area contributed by atoms with Crippen molar-refractivity contribution in [3.8, 4) is 0 Å². The highest BCUT2D eigenvalue weighted by Crippen LogP contribution is 2.28. The topological polar surface area (TPSA) is 71.3 Å². The number of thioether (sulfide) groups is 1. The lowest BCUT2D eigenvalue weighted by Gasteiger charge is -2.31. The van der Waals surface area contributed by atoms with Crippen molar-refractivity contribution in [1.82, 2.24) is 25.2 Å². The van der Waals surface area contributed by atoms with Crippen molar-refractivity contribution < 1.29 is 4.79 Å². The summed E-state index contributed by atoms with van der Waals surface area (Å²) < 4.78 is 1.89. The molecule has 2 amide bonds. The first-order valence-electron chi connectivity index (χ1n) is 8.22. The van der Waals surface area contributed by atoms with E-state index in [1.165, 1.54) is 19.3 Å². The van der Waals surface area contributed by atoms with Gasteiger partial charge in [-0.05, 0) is 30.7 Å². The lowest BCUT2D eigenvalue weighted by molar-refractivity contribution is 0.232. The van der Waals surface area contributed by atoms with Crippen LogP contribution in [0.1, 0.15) is 38.4 Å². The Morgan fingerprint density at radius 3 is 3.09 bits per heavy atom. The van der Waals surface area contributed by atoms with Crippen LogP contribution in [0.2, 0.25) is 0 Å². The van der Waals surface area contributed by atoms with Gasteiger partial charge in [-0.1, -0.05) is 25.8 Å². The molecule has 2 aromatic rings. The third-order valence-corrected chi connectivity index (χ3v) is 5.52. The van der Waals surface area contributed by atoms with Crippen LogP contribution >= 0.6 is 11.8 Å². The van der Waals surface area contributed by atoms with E-state index in [-0.39, 0.29) is 12.1 Å². The van der Waals surface area contributed by atoms with Gasteiger partial charge in [-0.15, -0.1) is 10.2 Å². The van der Waals surface area contributed by atoms with Gasteiger partial charge in [0.2, 0.25) is 0 Å². The fraction of sp³-hybridized carbons (Fsp3) is 0.562. The van der Waals surface area contributed by atoms with Crippen molar-refractivity contribution in [3.05, 3.63) is 30.2 Å². The fourth-order valence-electron chi connectivity index (χ4n) is 3.07. The average molecular weight is 333 g/mol. The second-order valence-corrected chi connectivity index (χ2v) is 7.27. The van der Waals surface area contributed by atoms with Crippen LogP contribution in [0.5, 0.6) is 0 Å². The van der Waals surface area contributed by atoms with E-state index in [0.29, 0.717) is 11.8 Å². The third-order valence-electron chi connectivity index (χ3n) is 4.19. The molecule has 0 saturated heterocycles. The SMILES string of the molecule is CCS[C@H]1CCCC[C@H]1NC(=O)NCc1nnc2ccccn12. The number of aromatic nitrogens is 3. The Kier molecular flexibility index (Phi) is 5.38. The fourth-order valence-corrected chi connectivity index (χ4v) is 4.26. The maximum atomic E-state index is 12.2. The van der Waals surface area contributed by atoms with E-state index in [0.717, 1.165) is 23.6 Å². The van der Waals surface area contributed by atoms with Crippen LogP contribution < -0.4 is 10.6 Å². The number of nitrogens with one attached hydrogen (secondary N) is 2. The predicted octanol–water partition coefficient (Wildman–Crippen LogP) is 2.59. The predicted molar refractivity (Wildman–Crippen MR) is 92.5 cm³/mol. The number of carbonyl (C=O) groups is 1. The molecule has 0 aromatic carbocycles. The standard InChI is InChI=1S/C16H23N5OS/c1-2-23-13-8-4-3-7-12(13)18-16(22)17-11-15-20-19-14-9-5-6-10-21(14)15/h5-6,9-10,12-13H,2-4,7-8,11H2,1H3,(H2,17,18,22)/t12-,13+/m1/s1. The summed E-state index contributed by atoms with van der Waals surface area (Å²) in [5.41, 5.74) is 0.788. The Balaban J connectivity index is 1.54. The summed E-state index contributed by atoms with van der Waals surface area (Å²) in [6, 6.07) is 5.89. The van der Waals surface area contributed by atoms with Crippen LogP contribution in [-0.4, -0.2) is 37.7 Å². The molecule has 0 spiro atoms. The van der Waals surface area contributed by atoms with E-state index in [2.05, 4.69) is 27.8 Å². The normalized spacial score (nSPS) is 21.3. The summed E-state index contributed by atoms with van der Waals surface area (Å²) in [4.78, 5) is 12.2. The molecule has 3 rings (SSSR count). The number of pyridine rings is 1. The zero-order valence-electron chi connectivity index (χ0n) is 13.4. The highest BCUT2D eigenvalue weighted by Gasteiger charge is 2.26. The highest BCUT2D eigenvalue weighted by atomic mass is 32.2. The van der Waals surface area contributed by atoms with Gasteiger partial charge in [0.1, 0.15) is 0 Å². The van der Waals surface area contributed by atoms with Crippen molar-refractivity contribution >= 4 is 23.4 Å². The van der Waals surface area contributed by atoms with E-state index in [9.17, 15) is 4.79 Å². The highest BCUT2D eigenvalue weighted by molar-refractivity contribution is 7.99. The third kappa shape index (κ3) is 3.96. The Bertz CT molecular complexity index is 657. The molecule has 0 radical (unpaired) electrons. The Morgan fingerprint density at radius 2 is 2.22 bits per heavy atom. The van der Waals surface area contributed by atoms with Gasteiger partial charge in [0.15, 0.2) is 11.5 Å². The van der Waals surface area contributed by atoms with Gasteiger partial charge in [0, 0.05) is 17.5 Å². The van der Waals surface area contributed by atoms with Gasteiger partial charge in [0.25, 0.3) is 0 Å². The molecule has 2 N–H and O–H groups in total. The summed E-state index contributed by atoms with van der Waals surface area (Å²) in [6.45, 7) is 2.54. The summed E-state index contributed by atoms with van der Waals surface area (Å²) >= 11 is 1.95. The average Bonchev–Trinajstić information content (AvgIpc) is 2.98. The molecule has 1 saturated carbocycles. The number of rotatable bonds is 5. The first kappa shape index (κ1) is 16.1. The number of hydrogen-bond acceptors (Lipinski definition) is 4. The van der Waals surface area contributed by atoms with Crippen molar-refractivity contribution in [1.29, 1.82) is 0 Å². The summed E-state index contributed by atoms with van der Waals surface area (Å²) in [7, 11) is 0. The van der Waals surface area contributed by atoms with Crippen LogP contribution in [0.25, 0.3) is 5.65 Å². The van der Waals surface area contributed by atoms with Gasteiger partial charge in [-0.2, -0.15) is 11.8 Å². The van der Waals surface area contributed by atoms with Crippen molar-refractivity contribution in [3.63, 3.8) is 0 Å². The zero-order valence-corrected chi connectivity index (χ0v) is 14.2. The van der Waals surface area contributed by atoms with E-state index in [4.69, 9.17) is 0 Å². The number of carbonyl (C=O) groups excluding carboxylic acids is 1. The Labute approximate surface area is 140 Å². The molecule has 2 atom stereocenters. The van der Waals surface area contributed by atoms with Gasteiger partial charge >= 0.3 is 6.03 Å². The van der Waals surface area contributed by atoms with E-state index in [1.807, 2.05) is 40.6 Å². The van der Waals surface area contributed by atoms with Crippen molar-refractivity contribution in [2.24, 2.45) is 0 Å². The van der Waals surface area contributed by atoms with Gasteiger partial charge in [0.05, 0.1) is 6.54 Å². The molecule has 1 aliphatic rings. The summed E-state index contributed by atoms with van der Waals surface area (Å²) in [5, 5.41) is 14.8. The minimum atomic E-state index is -0.119. The number of hydrogen-bond donors (Lipinski definition) is 2. The van der Waals surface area contributed by atoms with E-state index >= 15 is 0 Å². The maximum Gasteiger partial charge on any atom is 0.315 e. The molecule has 0 aliphatic heterocycles. The largest absolute Gasteiger partial charge is 0.334 e. The maximum absolute atomic E-state index is 12.2. The minimum Gasteiger partial charge on any atom is -0.334 e. The first-order valence-corrected chi connectivity index (χ1v) is 9.27. The molecule has 0 unspecified atom stereocenters. The molecular weight excluding hydrogens is 310 g/mol. The summed E-state index contributed by atoms with van der Waals surface area (Å²) in [6.07, 6.45) is 6.63. The molecule has 23 heavy (non-hydrogen) atoms. The van der Waals surface area contributed by atoms with Crippen LogP contribution in [0, 0.1) is 0 Å². The molecule has 0 bridgehead atoms. The van der Waals surface area contributed by atoms with Crippen molar-refractivity contribution in [2.45, 2.75) is 50.4 Å². The van der Waals surface area contributed by atoms with Crippen molar-refractivity contribution in [2.75, 3.05) is 5.75 Å². The number of fused-ring (bicyclic) bond motifs is 1. The number of urea groups is 1. The number of amides is 2. The van der Waals surface area contributed by atoms with Crippen LogP contribution in [0.15, 0.2) is 24.4 Å². The smallest absolute Gasteiger partial charge is 0.315 e. The van der Waals surface area contributed by atoms with E-state index in [1.54, 1.807) is 0 Å². The zero-order chi connectivity index (χ0) is 16.1. The van der Waals surface area contributed by atoms with Gasteiger partial charge in [-0.25, -0.2) is 4.79 Å². The second kappa shape index (κ2) is 7.68. The molecule has 6 nitrogen and oxygen atoms in total. The lowest BCUT2D eigenvalue weighted by atomic mass is 9.95. The van der Waals surface area contributed by atoms with Gasteiger partial charge < -0.3 is 10.6 Å². The Hall–Kier alpha value is -1.76.